The Kier molecular flexibility index (Phi) is 5.22. The Balaban J connectivity index is 2.12. The van der Waals surface area contributed by atoms with Crippen LogP contribution in [0.3, 0.4) is 0 Å². The summed E-state index contributed by atoms with van der Waals surface area (Å²) < 4.78 is 25.9. The zero-order valence-electron chi connectivity index (χ0n) is 12.3. The van der Waals surface area contributed by atoms with Gasteiger partial charge < -0.3 is 5.32 Å². The van der Waals surface area contributed by atoms with Crippen LogP contribution in [-0.4, -0.2) is 31.3 Å². The average molecular weight is 310 g/mol. The van der Waals surface area contributed by atoms with Crippen LogP contribution in [-0.2, 0) is 10.0 Å². The summed E-state index contributed by atoms with van der Waals surface area (Å²) in [5.41, 5.74) is 0. The van der Waals surface area contributed by atoms with E-state index in [0.29, 0.717) is 0 Å². The molecule has 1 fully saturated rings. The molecule has 0 heterocycles. The van der Waals surface area contributed by atoms with Gasteiger partial charge in [0.25, 0.3) is 10.0 Å². The second-order valence-electron chi connectivity index (χ2n) is 5.27. The Morgan fingerprint density at radius 1 is 1.19 bits per heavy atom. The summed E-state index contributed by atoms with van der Waals surface area (Å²) in [4.78, 5) is 12.4. The van der Waals surface area contributed by atoms with Crippen LogP contribution in [0.4, 0.5) is 4.79 Å². The Labute approximate surface area is 126 Å². The van der Waals surface area contributed by atoms with Crippen molar-refractivity contribution in [3.05, 3.63) is 30.3 Å². The van der Waals surface area contributed by atoms with Gasteiger partial charge in [0.2, 0.25) is 0 Å². The number of rotatable bonds is 4. The standard InChI is InChI=1S/C15H22N2O3S/c1-2-17(15(18)16-13-9-5-3-6-10-13)21(19,20)14-11-7-4-8-12-14/h4,7-8,11-13H,2-3,5-6,9-10H2,1H3,(H,16,18). The van der Waals surface area contributed by atoms with E-state index in [9.17, 15) is 13.2 Å². The molecule has 1 aromatic rings. The van der Waals surface area contributed by atoms with Gasteiger partial charge in [0, 0.05) is 12.6 Å². The predicted octanol–water partition coefficient (Wildman–Crippen LogP) is 2.74. The fourth-order valence-corrected chi connectivity index (χ4v) is 4.00. The van der Waals surface area contributed by atoms with Crippen molar-refractivity contribution in [3.8, 4) is 0 Å². The second-order valence-corrected chi connectivity index (χ2v) is 7.13. The largest absolute Gasteiger partial charge is 0.334 e. The van der Waals surface area contributed by atoms with Gasteiger partial charge in [0.15, 0.2) is 0 Å². The summed E-state index contributed by atoms with van der Waals surface area (Å²) in [5, 5.41) is 2.85. The minimum absolute atomic E-state index is 0.0891. The zero-order valence-corrected chi connectivity index (χ0v) is 13.1. The lowest BCUT2D eigenvalue weighted by Crippen LogP contribution is -2.47. The third-order valence-corrected chi connectivity index (χ3v) is 5.65. The molecule has 0 atom stereocenters. The van der Waals surface area contributed by atoms with E-state index in [1.165, 1.54) is 18.6 Å². The molecular formula is C15H22N2O3S. The van der Waals surface area contributed by atoms with Crippen molar-refractivity contribution in [2.45, 2.75) is 50.0 Å². The number of amides is 2. The molecule has 5 nitrogen and oxygen atoms in total. The Morgan fingerprint density at radius 2 is 1.81 bits per heavy atom. The highest BCUT2D eigenvalue weighted by molar-refractivity contribution is 7.89. The molecule has 1 saturated carbocycles. The zero-order chi connectivity index (χ0) is 15.3. The number of nitrogens with one attached hydrogen (secondary N) is 1. The quantitative estimate of drug-likeness (QED) is 0.930. The third kappa shape index (κ3) is 3.75. The van der Waals surface area contributed by atoms with Gasteiger partial charge in [-0.3, -0.25) is 0 Å². The normalized spacial score (nSPS) is 16.4. The maximum Gasteiger partial charge on any atom is 0.331 e. The smallest absolute Gasteiger partial charge is 0.331 e. The van der Waals surface area contributed by atoms with Crippen LogP contribution in [0.5, 0.6) is 0 Å². The van der Waals surface area contributed by atoms with Gasteiger partial charge in [0.1, 0.15) is 0 Å². The van der Waals surface area contributed by atoms with Gasteiger partial charge >= 0.3 is 6.03 Å². The lowest BCUT2D eigenvalue weighted by molar-refractivity contribution is 0.216. The topological polar surface area (TPSA) is 66.5 Å². The molecule has 0 aromatic heterocycles. The molecular weight excluding hydrogens is 288 g/mol. The fraction of sp³-hybridized carbons (Fsp3) is 0.533. The molecule has 0 aliphatic heterocycles. The van der Waals surface area contributed by atoms with E-state index in [0.717, 1.165) is 30.0 Å². The number of hydrogen-bond acceptors (Lipinski definition) is 3. The molecule has 21 heavy (non-hydrogen) atoms. The third-order valence-electron chi connectivity index (χ3n) is 3.78. The van der Waals surface area contributed by atoms with E-state index < -0.39 is 16.1 Å². The van der Waals surface area contributed by atoms with Crippen molar-refractivity contribution in [1.82, 2.24) is 9.62 Å². The summed E-state index contributed by atoms with van der Waals surface area (Å²) in [6.45, 7) is 1.79. The van der Waals surface area contributed by atoms with E-state index in [1.807, 2.05) is 0 Å². The van der Waals surface area contributed by atoms with Gasteiger partial charge in [-0.25, -0.2) is 17.5 Å². The Hall–Kier alpha value is -1.56. The van der Waals surface area contributed by atoms with Gasteiger partial charge in [-0.05, 0) is 31.9 Å². The van der Waals surface area contributed by atoms with Crippen molar-refractivity contribution in [1.29, 1.82) is 0 Å². The lowest BCUT2D eigenvalue weighted by Gasteiger charge is -2.27. The number of sulfonamides is 1. The summed E-state index contributed by atoms with van der Waals surface area (Å²) in [7, 11) is -3.78. The van der Waals surface area contributed by atoms with Crippen LogP contribution in [0.2, 0.25) is 0 Å². The molecule has 6 heteroatoms. The number of nitrogens with zero attached hydrogens (tertiary/aromatic N) is 1. The van der Waals surface area contributed by atoms with E-state index in [1.54, 1.807) is 25.1 Å². The van der Waals surface area contributed by atoms with Crippen molar-refractivity contribution in [3.63, 3.8) is 0 Å². The number of hydrogen-bond donors (Lipinski definition) is 1. The first kappa shape index (κ1) is 15.8. The SMILES string of the molecule is CCN(C(=O)NC1CCCCC1)S(=O)(=O)c1ccccc1. The summed E-state index contributed by atoms with van der Waals surface area (Å²) in [6, 6.07) is 7.63. The number of carbonyl (C=O) groups is 1. The fourth-order valence-electron chi connectivity index (χ4n) is 2.64. The van der Waals surface area contributed by atoms with Crippen LogP contribution in [0.1, 0.15) is 39.0 Å². The molecule has 0 unspecified atom stereocenters. The Morgan fingerprint density at radius 3 is 2.38 bits per heavy atom. The van der Waals surface area contributed by atoms with Crippen molar-refractivity contribution < 1.29 is 13.2 Å². The van der Waals surface area contributed by atoms with Crippen molar-refractivity contribution >= 4 is 16.1 Å². The molecule has 2 amide bonds. The highest BCUT2D eigenvalue weighted by Gasteiger charge is 2.29. The van der Waals surface area contributed by atoms with E-state index >= 15 is 0 Å². The number of benzene rings is 1. The van der Waals surface area contributed by atoms with Crippen LogP contribution < -0.4 is 5.32 Å². The first-order valence-corrected chi connectivity index (χ1v) is 8.88. The van der Waals surface area contributed by atoms with Crippen molar-refractivity contribution in [2.24, 2.45) is 0 Å². The first-order chi connectivity index (χ1) is 10.1. The summed E-state index contributed by atoms with van der Waals surface area (Å²) >= 11 is 0. The van der Waals surface area contributed by atoms with Crippen LogP contribution >= 0.6 is 0 Å². The molecule has 1 aromatic carbocycles. The molecule has 0 radical (unpaired) electrons. The maximum absolute atomic E-state index is 12.5. The number of carbonyl (C=O) groups excluding carboxylic acids is 1. The van der Waals surface area contributed by atoms with Gasteiger partial charge in [-0.1, -0.05) is 37.5 Å². The minimum Gasteiger partial charge on any atom is -0.334 e. The summed E-state index contributed by atoms with van der Waals surface area (Å²) in [6.07, 6.45) is 5.21. The average Bonchev–Trinajstić information content (AvgIpc) is 2.49. The highest BCUT2D eigenvalue weighted by atomic mass is 32.2. The van der Waals surface area contributed by atoms with Gasteiger partial charge in [-0.2, -0.15) is 0 Å². The van der Waals surface area contributed by atoms with Gasteiger partial charge in [-0.15, -0.1) is 0 Å². The van der Waals surface area contributed by atoms with Crippen LogP contribution in [0.25, 0.3) is 0 Å². The first-order valence-electron chi connectivity index (χ1n) is 7.44. The van der Waals surface area contributed by atoms with Crippen LogP contribution in [0, 0.1) is 0 Å². The molecule has 0 saturated heterocycles. The molecule has 0 spiro atoms. The van der Waals surface area contributed by atoms with E-state index in [4.69, 9.17) is 0 Å². The van der Waals surface area contributed by atoms with Gasteiger partial charge in [0.05, 0.1) is 4.90 Å². The molecule has 116 valence electrons. The monoisotopic (exact) mass is 310 g/mol. The Bertz CT molecular complexity index is 566. The van der Waals surface area contributed by atoms with E-state index in [2.05, 4.69) is 5.32 Å². The molecule has 0 bridgehead atoms. The lowest BCUT2D eigenvalue weighted by atomic mass is 9.96. The maximum atomic E-state index is 12.5. The summed E-state index contributed by atoms with van der Waals surface area (Å²) in [5.74, 6) is 0. The molecule has 1 aliphatic carbocycles. The van der Waals surface area contributed by atoms with Crippen LogP contribution in [0.15, 0.2) is 35.2 Å². The molecule has 2 rings (SSSR count). The van der Waals surface area contributed by atoms with Crippen molar-refractivity contribution in [2.75, 3.05) is 6.54 Å². The minimum atomic E-state index is -3.78. The second kappa shape index (κ2) is 6.93. The molecule has 1 aliphatic rings. The van der Waals surface area contributed by atoms with E-state index in [-0.39, 0.29) is 17.5 Å². The number of urea groups is 1. The molecule has 1 N–H and O–H groups in total. The predicted molar refractivity (Wildman–Crippen MR) is 81.4 cm³/mol. The highest BCUT2D eigenvalue weighted by Crippen LogP contribution is 2.19.